The number of aliphatic hydroxyl groups is 1. The maximum atomic E-state index is 12.5. The molecule has 1 aromatic heterocycles. The first-order chi connectivity index (χ1) is 8.99. The molecule has 3 N–H and O–H groups in total. The second kappa shape index (κ2) is 5.40. The zero-order valence-electron chi connectivity index (χ0n) is 13.2. The number of likely N-dealkylation sites (N-methyl/N-ethyl adjacent to an activating group) is 1. The second-order valence-corrected chi connectivity index (χ2v) is 6.75. The molecule has 0 fully saturated rings. The van der Waals surface area contributed by atoms with Crippen LogP contribution in [0.1, 0.15) is 50.7 Å². The van der Waals surface area contributed by atoms with Gasteiger partial charge in [0.25, 0.3) is 5.91 Å². The summed E-state index contributed by atoms with van der Waals surface area (Å²) in [6, 6.07) is 3.34. The van der Waals surface area contributed by atoms with E-state index < -0.39 is 5.54 Å². The number of nitrogens with two attached hydrogens (primary N) is 1. The minimum Gasteiger partial charge on any atom is -0.394 e. The molecule has 0 spiro atoms. The summed E-state index contributed by atoms with van der Waals surface area (Å²) in [5.41, 5.74) is 6.26. The standard InChI is InChI=1S/C15H25N3O2/c1-14(2,3)11-7-10(8-12(16)17-11)13(20)18(6)15(4,5)9-19/h7-8,19H,9H2,1-6H3,(H2,16,17). The number of carbonyl (C=O) groups is 1. The Balaban J connectivity index is 3.21. The van der Waals surface area contributed by atoms with Crippen LogP contribution in [0.3, 0.4) is 0 Å². The summed E-state index contributed by atoms with van der Waals surface area (Å²) in [6.45, 7) is 9.56. The number of pyridine rings is 1. The van der Waals surface area contributed by atoms with E-state index in [1.165, 1.54) is 4.90 Å². The van der Waals surface area contributed by atoms with Crippen molar-refractivity contribution in [3.63, 3.8) is 0 Å². The van der Waals surface area contributed by atoms with Gasteiger partial charge in [-0.15, -0.1) is 0 Å². The van der Waals surface area contributed by atoms with Crippen molar-refractivity contribution in [2.75, 3.05) is 19.4 Å². The van der Waals surface area contributed by atoms with E-state index in [2.05, 4.69) is 4.98 Å². The predicted octanol–water partition coefficient (Wildman–Crippen LogP) is 1.80. The van der Waals surface area contributed by atoms with Gasteiger partial charge in [0.2, 0.25) is 0 Å². The Labute approximate surface area is 120 Å². The van der Waals surface area contributed by atoms with Crippen molar-refractivity contribution in [3.05, 3.63) is 23.4 Å². The molecule has 1 amide bonds. The third-order valence-corrected chi connectivity index (χ3v) is 3.46. The molecule has 0 aromatic carbocycles. The van der Waals surface area contributed by atoms with Crippen molar-refractivity contribution >= 4 is 11.7 Å². The summed E-state index contributed by atoms with van der Waals surface area (Å²) in [7, 11) is 1.67. The Kier molecular flexibility index (Phi) is 4.44. The number of hydrogen-bond donors (Lipinski definition) is 2. The largest absolute Gasteiger partial charge is 0.394 e. The van der Waals surface area contributed by atoms with Gasteiger partial charge in [-0.2, -0.15) is 0 Å². The summed E-state index contributed by atoms with van der Waals surface area (Å²) < 4.78 is 0. The number of aliphatic hydroxyl groups excluding tert-OH is 1. The zero-order valence-corrected chi connectivity index (χ0v) is 13.2. The third-order valence-electron chi connectivity index (χ3n) is 3.46. The maximum absolute atomic E-state index is 12.5. The molecule has 1 heterocycles. The lowest BCUT2D eigenvalue weighted by atomic mass is 9.90. The first kappa shape index (κ1) is 16.4. The van der Waals surface area contributed by atoms with Crippen molar-refractivity contribution < 1.29 is 9.90 Å². The van der Waals surface area contributed by atoms with Crippen molar-refractivity contribution in [2.45, 2.75) is 45.6 Å². The maximum Gasteiger partial charge on any atom is 0.254 e. The highest BCUT2D eigenvalue weighted by molar-refractivity contribution is 5.95. The predicted molar refractivity (Wildman–Crippen MR) is 80.6 cm³/mol. The van der Waals surface area contributed by atoms with E-state index in [4.69, 9.17) is 5.73 Å². The van der Waals surface area contributed by atoms with E-state index >= 15 is 0 Å². The van der Waals surface area contributed by atoms with E-state index in [1.807, 2.05) is 20.8 Å². The number of anilines is 1. The minimum absolute atomic E-state index is 0.109. The molecule has 0 unspecified atom stereocenters. The molecule has 1 aromatic rings. The van der Waals surface area contributed by atoms with E-state index in [-0.39, 0.29) is 17.9 Å². The molecule has 0 aliphatic heterocycles. The minimum atomic E-state index is -0.628. The number of nitrogen functional groups attached to an aromatic ring is 1. The molecule has 1 rings (SSSR count). The lowest BCUT2D eigenvalue weighted by Gasteiger charge is -2.34. The van der Waals surface area contributed by atoms with Gasteiger partial charge in [-0.25, -0.2) is 4.98 Å². The number of rotatable bonds is 3. The Morgan fingerprint density at radius 3 is 2.30 bits per heavy atom. The van der Waals surface area contributed by atoms with Crippen LogP contribution in [-0.4, -0.2) is 40.1 Å². The highest BCUT2D eigenvalue weighted by Gasteiger charge is 2.28. The van der Waals surface area contributed by atoms with Crippen molar-refractivity contribution in [2.24, 2.45) is 0 Å². The van der Waals surface area contributed by atoms with E-state index in [0.717, 1.165) is 5.69 Å². The fourth-order valence-corrected chi connectivity index (χ4v) is 1.63. The Hall–Kier alpha value is -1.62. The summed E-state index contributed by atoms with van der Waals surface area (Å²) in [4.78, 5) is 18.3. The van der Waals surface area contributed by atoms with Crippen LogP contribution < -0.4 is 5.73 Å². The number of hydrogen-bond acceptors (Lipinski definition) is 4. The third kappa shape index (κ3) is 3.48. The number of nitrogens with zero attached hydrogens (tertiary/aromatic N) is 2. The Morgan fingerprint density at radius 2 is 1.85 bits per heavy atom. The average Bonchev–Trinajstić information content (AvgIpc) is 2.35. The summed E-state index contributed by atoms with van der Waals surface area (Å²) >= 11 is 0. The smallest absolute Gasteiger partial charge is 0.254 e. The average molecular weight is 279 g/mol. The second-order valence-electron chi connectivity index (χ2n) is 6.75. The van der Waals surface area contributed by atoms with Gasteiger partial charge < -0.3 is 15.7 Å². The number of carbonyl (C=O) groups excluding carboxylic acids is 1. The van der Waals surface area contributed by atoms with Crippen LogP contribution >= 0.6 is 0 Å². The molecular weight excluding hydrogens is 254 g/mol. The van der Waals surface area contributed by atoms with Crippen LogP contribution in [0, 0.1) is 0 Å². The molecular formula is C15H25N3O2. The Morgan fingerprint density at radius 1 is 1.30 bits per heavy atom. The topological polar surface area (TPSA) is 79.5 Å². The fraction of sp³-hybridized carbons (Fsp3) is 0.600. The normalized spacial score (nSPS) is 12.3. The molecule has 0 aliphatic carbocycles. The van der Waals surface area contributed by atoms with Crippen molar-refractivity contribution in [1.29, 1.82) is 0 Å². The highest BCUT2D eigenvalue weighted by atomic mass is 16.3. The Bertz CT molecular complexity index is 504. The molecule has 0 atom stereocenters. The van der Waals surface area contributed by atoms with Gasteiger partial charge in [0.15, 0.2) is 0 Å². The highest BCUT2D eigenvalue weighted by Crippen LogP contribution is 2.24. The van der Waals surface area contributed by atoms with Gasteiger partial charge in [0.05, 0.1) is 12.1 Å². The monoisotopic (exact) mass is 279 g/mol. The zero-order chi connectivity index (χ0) is 15.7. The molecule has 0 saturated carbocycles. The van der Waals surface area contributed by atoms with Gasteiger partial charge >= 0.3 is 0 Å². The van der Waals surface area contributed by atoms with Gasteiger partial charge in [-0.1, -0.05) is 20.8 Å². The number of aromatic nitrogens is 1. The van der Waals surface area contributed by atoms with Crippen molar-refractivity contribution in [1.82, 2.24) is 9.88 Å². The quantitative estimate of drug-likeness (QED) is 0.884. The molecule has 20 heavy (non-hydrogen) atoms. The molecule has 5 nitrogen and oxygen atoms in total. The number of amides is 1. The van der Waals surface area contributed by atoms with Crippen LogP contribution in [-0.2, 0) is 5.41 Å². The van der Waals surface area contributed by atoms with Gasteiger partial charge in [-0.3, -0.25) is 4.79 Å². The van der Waals surface area contributed by atoms with E-state index in [9.17, 15) is 9.90 Å². The van der Waals surface area contributed by atoms with Gasteiger partial charge in [-0.05, 0) is 26.0 Å². The first-order valence-electron chi connectivity index (χ1n) is 6.66. The SMILES string of the molecule is CN(C(=O)c1cc(N)nc(C(C)(C)C)c1)C(C)(C)CO. The van der Waals surface area contributed by atoms with E-state index in [0.29, 0.717) is 11.4 Å². The molecule has 112 valence electrons. The molecule has 0 radical (unpaired) electrons. The van der Waals surface area contributed by atoms with E-state index in [1.54, 1.807) is 33.0 Å². The molecule has 5 heteroatoms. The van der Waals surface area contributed by atoms with Crippen LogP contribution in [0.4, 0.5) is 5.82 Å². The lowest BCUT2D eigenvalue weighted by Crippen LogP contribution is -2.47. The molecule has 0 saturated heterocycles. The summed E-state index contributed by atoms with van der Waals surface area (Å²) in [5, 5.41) is 9.37. The van der Waals surface area contributed by atoms with Gasteiger partial charge in [0, 0.05) is 23.7 Å². The fourth-order valence-electron chi connectivity index (χ4n) is 1.63. The lowest BCUT2D eigenvalue weighted by molar-refractivity contribution is 0.0473. The van der Waals surface area contributed by atoms with Crippen LogP contribution in [0.25, 0.3) is 0 Å². The van der Waals surface area contributed by atoms with Crippen LogP contribution in [0.15, 0.2) is 12.1 Å². The molecule has 0 aliphatic rings. The molecule has 0 bridgehead atoms. The van der Waals surface area contributed by atoms with Crippen LogP contribution in [0.5, 0.6) is 0 Å². The van der Waals surface area contributed by atoms with Gasteiger partial charge in [0.1, 0.15) is 5.82 Å². The first-order valence-corrected chi connectivity index (χ1v) is 6.66. The van der Waals surface area contributed by atoms with Crippen molar-refractivity contribution in [3.8, 4) is 0 Å². The summed E-state index contributed by atoms with van der Waals surface area (Å²) in [5.74, 6) is 0.152. The summed E-state index contributed by atoms with van der Waals surface area (Å²) in [6.07, 6.45) is 0. The van der Waals surface area contributed by atoms with Crippen LogP contribution in [0.2, 0.25) is 0 Å².